The van der Waals surface area contributed by atoms with Gasteiger partial charge in [-0.3, -0.25) is 4.79 Å². The molecule has 2 aromatic rings. The van der Waals surface area contributed by atoms with Crippen LogP contribution >= 0.6 is 0 Å². The van der Waals surface area contributed by atoms with Gasteiger partial charge in [-0.05, 0) is 56.5 Å². The zero-order chi connectivity index (χ0) is 21.0. The molecular formula is C22H28N2O4S. The van der Waals surface area contributed by atoms with E-state index in [1.54, 1.807) is 36.2 Å². The molecule has 1 amide bonds. The van der Waals surface area contributed by atoms with Crippen LogP contribution < -0.4 is 4.74 Å². The van der Waals surface area contributed by atoms with Gasteiger partial charge in [0.2, 0.25) is 15.9 Å². The number of aryl methyl sites for hydroxylation is 1. The summed E-state index contributed by atoms with van der Waals surface area (Å²) in [6.45, 7) is 5.22. The Morgan fingerprint density at radius 3 is 2.41 bits per heavy atom. The molecule has 1 saturated heterocycles. The van der Waals surface area contributed by atoms with E-state index in [-0.39, 0.29) is 10.8 Å². The first kappa shape index (κ1) is 21.3. The third kappa shape index (κ3) is 4.79. The van der Waals surface area contributed by atoms with Crippen LogP contribution in [0.3, 0.4) is 0 Å². The molecule has 3 rings (SSSR count). The Morgan fingerprint density at radius 2 is 1.79 bits per heavy atom. The Morgan fingerprint density at radius 1 is 1.14 bits per heavy atom. The Kier molecular flexibility index (Phi) is 6.59. The number of ether oxygens (including phenoxy) is 1. The maximum atomic E-state index is 13.1. The average molecular weight is 417 g/mol. The predicted molar refractivity (Wildman–Crippen MR) is 112 cm³/mol. The second-order valence-electron chi connectivity index (χ2n) is 7.36. The molecule has 156 valence electrons. The number of likely N-dealkylation sites (N-methyl/N-ethyl adjacent to an activating group) is 1. The lowest BCUT2D eigenvalue weighted by molar-refractivity contribution is -0.133. The molecule has 7 heteroatoms. The van der Waals surface area contributed by atoms with E-state index in [1.165, 1.54) is 4.31 Å². The van der Waals surface area contributed by atoms with E-state index >= 15 is 0 Å². The van der Waals surface area contributed by atoms with Crippen LogP contribution in [-0.4, -0.2) is 49.8 Å². The molecule has 1 atom stereocenters. The fourth-order valence-electron chi connectivity index (χ4n) is 3.58. The van der Waals surface area contributed by atoms with Gasteiger partial charge in [0.15, 0.2) is 0 Å². The van der Waals surface area contributed by atoms with E-state index in [0.717, 1.165) is 16.9 Å². The van der Waals surface area contributed by atoms with Gasteiger partial charge in [0, 0.05) is 20.1 Å². The van der Waals surface area contributed by atoms with E-state index in [0.29, 0.717) is 32.5 Å². The number of nitrogens with zero attached hydrogens (tertiary/aromatic N) is 2. The van der Waals surface area contributed by atoms with Gasteiger partial charge < -0.3 is 9.64 Å². The third-order valence-corrected chi connectivity index (χ3v) is 7.07. The van der Waals surface area contributed by atoms with Crippen LogP contribution in [0, 0.1) is 6.92 Å². The van der Waals surface area contributed by atoms with Crippen molar-refractivity contribution in [3.05, 3.63) is 59.7 Å². The molecule has 0 aromatic heterocycles. The molecule has 6 nitrogen and oxygen atoms in total. The predicted octanol–water partition coefficient (Wildman–Crippen LogP) is 3.21. The Bertz CT molecular complexity index is 940. The number of rotatable bonds is 7. The minimum atomic E-state index is -3.70. The summed E-state index contributed by atoms with van der Waals surface area (Å²) in [6.07, 6.45) is 1.22. The van der Waals surface area contributed by atoms with E-state index in [4.69, 9.17) is 4.74 Å². The highest BCUT2D eigenvalue weighted by Gasteiger charge is 2.40. The van der Waals surface area contributed by atoms with Crippen LogP contribution in [0.5, 0.6) is 5.75 Å². The molecular weight excluding hydrogens is 388 g/mol. The van der Waals surface area contributed by atoms with Crippen LogP contribution in [0.1, 0.15) is 30.9 Å². The minimum absolute atomic E-state index is 0.174. The lowest BCUT2D eigenvalue weighted by Crippen LogP contribution is -2.46. The second kappa shape index (κ2) is 8.97. The summed E-state index contributed by atoms with van der Waals surface area (Å²) in [4.78, 5) is 14.9. The molecule has 0 saturated carbocycles. The maximum Gasteiger partial charge on any atom is 0.243 e. The zero-order valence-corrected chi connectivity index (χ0v) is 18.0. The number of amides is 1. The SMILES string of the molecule is CCOc1ccc(CN(C)C(=O)[C@@H]2CCCN2S(=O)(=O)c2ccc(C)cc2)cc1. The topological polar surface area (TPSA) is 66.9 Å². The molecule has 0 unspecified atom stereocenters. The lowest BCUT2D eigenvalue weighted by atomic mass is 10.1. The molecule has 1 fully saturated rings. The van der Waals surface area contributed by atoms with Gasteiger partial charge in [0.05, 0.1) is 11.5 Å². The number of hydrogen-bond acceptors (Lipinski definition) is 4. The Balaban J connectivity index is 1.72. The normalized spacial score (nSPS) is 17.3. The summed E-state index contributed by atoms with van der Waals surface area (Å²) in [5.41, 5.74) is 1.96. The largest absolute Gasteiger partial charge is 0.494 e. The molecule has 0 spiro atoms. The smallest absolute Gasteiger partial charge is 0.243 e. The van der Waals surface area contributed by atoms with Crippen LogP contribution in [0.2, 0.25) is 0 Å². The van der Waals surface area contributed by atoms with Gasteiger partial charge in [0.25, 0.3) is 0 Å². The summed E-state index contributed by atoms with van der Waals surface area (Å²) in [7, 11) is -1.98. The van der Waals surface area contributed by atoms with E-state index < -0.39 is 16.1 Å². The molecule has 1 heterocycles. The highest BCUT2D eigenvalue weighted by atomic mass is 32.2. The monoisotopic (exact) mass is 416 g/mol. The van der Waals surface area contributed by atoms with E-state index in [9.17, 15) is 13.2 Å². The molecule has 2 aromatic carbocycles. The van der Waals surface area contributed by atoms with Crippen LogP contribution in [0.4, 0.5) is 0 Å². The van der Waals surface area contributed by atoms with Crippen molar-refractivity contribution in [1.29, 1.82) is 0 Å². The van der Waals surface area contributed by atoms with Crippen LogP contribution in [-0.2, 0) is 21.4 Å². The van der Waals surface area contributed by atoms with Crippen LogP contribution in [0.25, 0.3) is 0 Å². The summed E-state index contributed by atoms with van der Waals surface area (Å²) in [5, 5.41) is 0. The van der Waals surface area contributed by atoms with E-state index in [2.05, 4.69) is 0 Å². The van der Waals surface area contributed by atoms with Gasteiger partial charge in [-0.1, -0.05) is 29.8 Å². The van der Waals surface area contributed by atoms with Gasteiger partial charge in [-0.25, -0.2) is 8.42 Å². The zero-order valence-electron chi connectivity index (χ0n) is 17.2. The number of carbonyl (C=O) groups excluding carboxylic acids is 1. The van der Waals surface area contributed by atoms with Crippen molar-refractivity contribution in [3.63, 3.8) is 0 Å². The number of benzene rings is 2. The number of carbonyl (C=O) groups is 1. The molecule has 0 radical (unpaired) electrons. The Labute approximate surface area is 173 Å². The Hall–Kier alpha value is -2.38. The minimum Gasteiger partial charge on any atom is -0.494 e. The third-order valence-electron chi connectivity index (χ3n) is 5.15. The van der Waals surface area contributed by atoms with Crippen molar-refractivity contribution in [2.45, 2.75) is 44.2 Å². The fourth-order valence-corrected chi connectivity index (χ4v) is 5.24. The molecule has 0 N–H and O–H groups in total. The first-order valence-corrected chi connectivity index (χ1v) is 11.3. The summed E-state index contributed by atoms with van der Waals surface area (Å²) in [5.74, 6) is 0.614. The fraction of sp³-hybridized carbons (Fsp3) is 0.409. The molecule has 0 bridgehead atoms. The average Bonchev–Trinajstić information content (AvgIpc) is 3.20. The van der Waals surface area contributed by atoms with E-state index in [1.807, 2.05) is 38.1 Å². The number of sulfonamides is 1. The van der Waals surface area contributed by atoms with Gasteiger partial charge in [-0.15, -0.1) is 0 Å². The van der Waals surface area contributed by atoms with Crippen molar-refractivity contribution in [2.24, 2.45) is 0 Å². The van der Waals surface area contributed by atoms with Gasteiger partial charge in [0.1, 0.15) is 11.8 Å². The summed E-state index contributed by atoms with van der Waals surface area (Å²) < 4.78 is 33.0. The lowest BCUT2D eigenvalue weighted by Gasteiger charge is -2.27. The van der Waals surface area contributed by atoms with Crippen LogP contribution in [0.15, 0.2) is 53.4 Å². The van der Waals surface area contributed by atoms with Crippen molar-refractivity contribution in [3.8, 4) is 5.75 Å². The summed E-state index contributed by atoms with van der Waals surface area (Å²) in [6, 6.07) is 13.7. The first-order valence-electron chi connectivity index (χ1n) is 9.88. The first-order chi connectivity index (χ1) is 13.8. The molecule has 0 aliphatic carbocycles. The number of hydrogen-bond donors (Lipinski definition) is 0. The standard InChI is InChI=1S/C22H28N2O4S/c1-4-28-19-11-9-18(10-12-19)16-23(3)22(25)21-6-5-15-24(21)29(26,27)20-13-7-17(2)8-14-20/h7-14,21H,4-6,15-16H2,1-3H3/t21-/m0/s1. The summed E-state index contributed by atoms with van der Waals surface area (Å²) >= 11 is 0. The van der Waals surface area contributed by atoms with Crippen molar-refractivity contribution in [2.75, 3.05) is 20.2 Å². The van der Waals surface area contributed by atoms with Crippen molar-refractivity contribution in [1.82, 2.24) is 9.21 Å². The highest BCUT2D eigenvalue weighted by Crippen LogP contribution is 2.27. The second-order valence-corrected chi connectivity index (χ2v) is 9.25. The molecule has 1 aliphatic heterocycles. The van der Waals surface area contributed by atoms with Crippen molar-refractivity contribution < 1.29 is 17.9 Å². The molecule has 1 aliphatic rings. The molecule has 29 heavy (non-hydrogen) atoms. The highest BCUT2D eigenvalue weighted by molar-refractivity contribution is 7.89. The van der Waals surface area contributed by atoms with Crippen molar-refractivity contribution >= 4 is 15.9 Å². The van der Waals surface area contributed by atoms with Gasteiger partial charge in [-0.2, -0.15) is 4.31 Å². The maximum absolute atomic E-state index is 13.1. The quantitative estimate of drug-likeness (QED) is 0.695. The van der Waals surface area contributed by atoms with Gasteiger partial charge >= 0.3 is 0 Å².